The van der Waals surface area contributed by atoms with Crippen molar-refractivity contribution in [2.45, 2.75) is 18.0 Å². The number of nitrogens with zero attached hydrogens (tertiary/aromatic N) is 4. The summed E-state index contributed by atoms with van der Waals surface area (Å²) in [5, 5.41) is 9.40. The number of hydrogen-bond acceptors (Lipinski definition) is 7. The average molecular weight is 601 g/mol. The number of sulfone groups is 1. The van der Waals surface area contributed by atoms with Crippen LogP contribution in [-0.2, 0) is 14.6 Å². The normalized spacial score (nSPS) is 14.9. The van der Waals surface area contributed by atoms with Gasteiger partial charge in [-0.05, 0) is 30.3 Å². The Morgan fingerprint density at radius 2 is 1.79 bits per heavy atom. The van der Waals surface area contributed by atoms with E-state index in [9.17, 15) is 22.4 Å². The molecule has 0 aliphatic carbocycles. The minimum Gasteiger partial charge on any atom is -0.322 e. The highest BCUT2D eigenvalue weighted by molar-refractivity contribution is 7.91. The van der Waals surface area contributed by atoms with Gasteiger partial charge in [0.15, 0.2) is 15.5 Å². The fraction of sp³-hybridized carbons (Fsp3) is 0.100. The molecular weight excluding hydrogens is 578 g/mol. The first kappa shape index (κ1) is 27.8. The van der Waals surface area contributed by atoms with Gasteiger partial charge in [-0.1, -0.05) is 49.4 Å². The molecule has 1 atom stereocenters. The summed E-state index contributed by atoms with van der Waals surface area (Å²) < 4.78 is 56.1. The number of aliphatic imine (C=N–C) groups is 1. The standard InChI is InChI=1S/C30H22F2N6O4S/c1-2-43(41,42)18-12-13-19(22(32)16-18)26-23(28-33-14-7-15-38(28)37-26)29(39)36-27-30(40)35-25-20(10-6-11-21(25)31)24(34-27)17-8-4-3-5-9-17/h3-16,27H,2H2,1H3,(H,35,40)(H,36,39)/t27-/m1/s1. The molecule has 2 N–H and O–H groups in total. The van der Waals surface area contributed by atoms with E-state index >= 15 is 4.39 Å². The number of benzodiazepines with no additional fused rings is 1. The highest BCUT2D eigenvalue weighted by Crippen LogP contribution is 2.31. The lowest BCUT2D eigenvalue weighted by atomic mass is 10.0. The minimum atomic E-state index is -3.70. The predicted octanol–water partition coefficient (Wildman–Crippen LogP) is 4.01. The van der Waals surface area contributed by atoms with Gasteiger partial charge in [0, 0.05) is 29.1 Å². The summed E-state index contributed by atoms with van der Waals surface area (Å²) >= 11 is 0. The van der Waals surface area contributed by atoms with Crippen LogP contribution in [0.5, 0.6) is 0 Å². The molecule has 1 aliphatic heterocycles. The van der Waals surface area contributed by atoms with Crippen molar-refractivity contribution in [3.63, 3.8) is 0 Å². The number of benzene rings is 3. The first-order valence-electron chi connectivity index (χ1n) is 13.1. The van der Waals surface area contributed by atoms with Crippen LogP contribution in [0.4, 0.5) is 14.5 Å². The van der Waals surface area contributed by atoms with E-state index in [1.807, 2.05) is 0 Å². The second-order valence-electron chi connectivity index (χ2n) is 9.53. The zero-order valence-corrected chi connectivity index (χ0v) is 23.3. The molecule has 0 radical (unpaired) electrons. The Morgan fingerprint density at radius 1 is 1.00 bits per heavy atom. The van der Waals surface area contributed by atoms with E-state index in [2.05, 4.69) is 25.7 Å². The highest BCUT2D eigenvalue weighted by atomic mass is 32.2. The van der Waals surface area contributed by atoms with Gasteiger partial charge in [-0.25, -0.2) is 31.7 Å². The molecule has 43 heavy (non-hydrogen) atoms. The summed E-state index contributed by atoms with van der Waals surface area (Å²) in [5.41, 5.74) is 0.651. The van der Waals surface area contributed by atoms with E-state index < -0.39 is 39.5 Å². The molecule has 0 fully saturated rings. The fourth-order valence-electron chi connectivity index (χ4n) is 4.75. The Balaban J connectivity index is 1.45. The zero-order chi connectivity index (χ0) is 30.3. The number of carbonyl (C=O) groups excluding carboxylic acids is 2. The van der Waals surface area contributed by atoms with Crippen molar-refractivity contribution >= 4 is 38.7 Å². The lowest BCUT2D eigenvalue weighted by Gasteiger charge is -2.14. The molecule has 0 bridgehead atoms. The number of amides is 2. The summed E-state index contributed by atoms with van der Waals surface area (Å²) in [5.74, 6) is -3.50. The first-order chi connectivity index (χ1) is 20.7. The molecule has 3 aromatic carbocycles. The summed E-state index contributed by atoms with van der Waals surface area (Å²) in [7, 11) is -3.70. The van der Waals surface area contributed by atoms with Crippen LogP contribution in [0.25, 0.3) is 16.9 Å². The lowest BCUT2D eigenvalue weighted by molar-refractivity contribution is -0.117. The van der Waals surface area contributed by atoms with Crippen LogP contribution in [-0.4, -0.2) is 52.5 Å². The van der Waals surface area contributed by atoms with Gasteiger partial charge < -0.3 is 10.6 Å². The number of halogens is 2. The monoisotopic (exact) mass is 600 g/mol. The van der Waals surface area contributed by atoms with Gasteiger partial charge in [-0.2, -0.15) is 5.10 Å². The molecule has 1 aliphatic rings. The van der Waals surface area contributed by atoms with Gasteiger partial charge in [0.2, 0.25) is 6.17 Å². The van der Waals surface area contributed by atoms with Crippen molar-refractivity contribution in [2.75, 3.05) is 11.1 Å². The molecule has 3 heterocycles. The van der Waals surface area contributed by atoms with Crippen molar-refractivity contribution in [3.05, 3.63) is 114 Å². The molecule has 0 saturated carbocycles. The van der Waals surface area contributed by atoms with E-state index in [1.54, 1.807) is 42.5 Å². The molecular formula is C30H22F2N6O4S. The zero-order valence-electron chi connectivity index (χ0n) is 22.5. The summed E-state index contributed by atoms with van der Waals surface area (Å²) in [4.78, 5) is 35.7. The van der Waals surface area contributed by atoms with E-state index in [-0.39, 0.29) is 44.5 Å². The van der Waals surface area contributed by atoms with Crippen molar-refractivity contribution in [1.29, 1.82) is 0 Å². The quantitative estimate of drug-likeness (QED) is 0.303. The molecule has 2 amide bonds. The molecule has 6 rings (SSSR count). The molecule has 10 nitrogen and oxygen atoms in total. The number of carbonyl (C=O) groups is 2. The summed E-state index contributed by atoms with van der Waals surface area (Å²) in [6, 6.07) is 17.9. The van der Waals surface area contributed by atoms with Crippen LogP contribution in [0.2, 0.25) is 0 Å². The van der Waals surface area contributed by atoms with Crippen LogP contribution in [0.3, 0.4) is 0 Å². The molecule has 0 spiro atoms. The third-order valence-corrected chi connectivity index (χ3v) is 8.63. The smallest absolute Gasteiger partial charge is 0.269 e. The Labute approximate surface area is 244 Å². The number of fused-ring (bicyclic) bond motifs is 2. The number of para-hydroxylation sites is 1. The maximum Gasteiger partial charge on any atom is 0.269 e. The van der Waals surface area contributed by atoms with Crippen LogP contribution in [0.15, 0.2) is 95.1 Å². The van der Waals surface area contributed by atoms with Crippen LogP contribution < -0.4 is 10.6 Å². The van der Waals surface area contributed by atoms with E-state index in [0.717, 1.165) is 6.07 Å². The van der Waals surface area contributed by atoms with Gasteiger partial charge in [-0.3, -0.25) is 9.59 Å². The lowest BCUT2D eigenvalue weighted by Crippen LogP contribution is -2.42. The Morgan fingerprint density at radius 3 is 2.53 bits per heavy atom. The van der Waals surface area contributed by atoms with E-state index in [1.165, 1.54) is 48.1 Å². The number of aromatic nitrogens is 3. The summed E-state index contributed by atoms with van der Waals surface area (Å²) in [6.45, 7) is 1.44. The summed E-state index contributed by atoms with van der Waals surface area (Å²) in [6.07, 6.45) is 1.39. The van der Waals surface area contributed by atoms with Crippen molar-refractivity contribution in [1.82, 2.24) is 19.9 Å². The maximum absolute atomic E-state index is 15.4. The predicted molar refractivity (Wildman–Crippen MR) is 154 cm³/mol. The van der Waals surface area contributed by atoms with Crippen molar-refractivity contribution in [3.8, 4) is 11.3 Å². The minimum absolute atomic E-state index is 0.0512. The van der Waals surface area contributed by atoms with Crippen LogP contribution in [0.1, 0.15) is 28.4 Å². The van der Waals surface area contributed by atoms with Gasteiger partial charge in [0.25, 0.3) is 11.8 Å². The molecule has 0 unspecified atom stereocenters. The third-order valence-electron chi connectivity index (χ3n) is 6.90. The number of nitrogens with one attached hydrogen (secondary N) is 2. The second-order valence-corrected chi connectivity index (χ2v) is 11.8. The molecule has 216 valence electrons. The number of hydrogen-bond donors (Lipinski definition) is 2. The Kier molecular flexibility index (Phi) is 7.02. The van der Waals surface area contributed by atoms with Crippen LogP contribution in [0, 0.1) is 11.6 Å². The van der Waals surface area contributed by atoms with E-state index in [0.29, 0.717) is 11.1 Å². The largest absolute Gasteiger partial charge is 0.322 e. The van der Waals surface area contributed by atoms with Gasteiger partial charge in [-0.15, -0.1) is 0 Å². The van der Waals surface area contributed by atoms with Gasteiger partial charge >= 0.3 is 0 Å². The van der Waals surface area contributed by atoms with Crippen molar-refractivity contribution in [2.24, 2.45) is 4.99 Å². The van der Waals surface area contributed by atoms with Crippen LogP contribution >= 0.6 is 0 Å². The fourth-order valence-corrected chi connectivity index (χ4v) is 5.64. The highest BCUT2D eigenvalue weighted by Gasteiger charge is 2.32. The first-order valence-corrected chi connectivity index (χ1v) is 14.7. The molecule has 5 aromatic rings. The number of rotatable bonds is 6. The second kappa shape index (κ2) is 10.8. The Bertz CT molecular complexity index is 2060. The maximum atomic E-state index is 15.4. The topological polar surface area (TPSA) is 135 Å². The molecule has 13 heteroatoms. The van der Waals surface area contributed by atoms with E-state index in [4.69, 9.17) is 0 Å². The van der Waals surface area contributed by atoms with Crippen molar-refractivity contribution < 1.29 is 26.8 Å². The van der Waals surface area contributed by atoms with Gasteiger partial charge in [0.05, 0.1) is 22.0 Å². The molecule has 0 saturated heterocycles. The SMILES string of the molecule is CCS(=O)(=O)c1ccc(-c2nn3cccnc3c2C(=O)N[C@H]2N=C(c3ccccc3)c3cccc(F)c3NC2=O)c(F)c1. The Hall–Kier alpha value is -5.30. The molecule has 2 aromatic heterocycles. The van der Waals surface area contributed by atoms with Gasteiger partial charge in [0.1, 0.15) is 22.9 Å². The number of anilines is 1. The average Bonchev–Trinajstić information content (AvgIpc) is 3.33. The third kappa shape index (κ3) is 5.03.